The molecule has 0 nitrogen and oxygen atoms in total. The zero-order valence-electron chi connectivity index (χ0n) is 7.63. The van der Waals surface area contributed by atoms with E-state index >= 15 is 0 Å². The fourth-order valence-corrected chi connectivity index (χ4v) is 1.24. The first-order valence-electron chi connectivity index (χ1n) is 4.85. The summed E-state index contributed by atoms with van der Waals surface area (Å²) >= 11 is 0. The molecule has 65 valence electrons. The maximum absolute atomic E-state index is 3.24. The lowest BCUT2D eigenvalue weighted by Crippen LogP contribution is -1.74. The average Bonchev–Trinajstić information content (AvgIpc) is 2.05. The van der Waals surface area contributed by atoms with Crippen molar-refractivity contribution in [2.24, 2.45) is 0 Å². The Bertz CT molecular complexity index is 152. The van der Waals surface area contributed by atoms with Crippen LogP contribution in [-0.4, -0.2) is 0 Å². The molecule has 0 atom stereocenters. The Balaban J connectivity index is 2.31. The first-order valence-corrected chi connectivity index (χ1v) is 4.85. The number of hydrogen-bond acceptors (Lipinski definition) is 0. The second-order valence-corrected chi connectivity index (χ2v) is 3.08. The van der Waals surface area contributed by atoms with Crippen molar-refractivity contribution in [3.05, 3.63) is 36.5 Å². The van der Waals surface area contributed by atoms with E-state index < -0.39 is 0 Å². The SMILES string of the molecule is [C]1=C\C/C=C/CCCC/C=C\C/1. The fourth-order valence-electron chi connectivity index (χ4n) is 1.24. The lowest BCUT2D eigenvalue weighted by molar-refractivity contribution is 0.760. The highest BCUT2D eigenvalue weighted by Crippen LogP contribution is 2.04. The minimum absolute atomic E-state index is 0.980. The third kappa shape index (κ3) is 4.95. The largest absolute Gasteiger partial charge is 0.0882 e. The van der Waals surface area contributed by atoms with E-state index in [2.05, 4.69) is 36.5 Å². The summed E-state index contributed by atoms with van der Waals surface area (Å²) in [6.45, 7) is 0. The Morgan fingerprint density at radius 1 is 0.833 bits per heavy atom. The Kier molecular flexibility index (Phi) is 5.35. The van der Waals surface area contributed by atoms with Crippen LogP contribution >= 0.6 is 0 Å². The summed E-state index contributed by atoms with van der Waals surface area (Å²) in [6.07, 6.45) is 21.5. The van der Waals surface area contributed by atoms with Crippen LogP contribution in [0.4, 0.5) is 0 Å². The lowest BCUT2D eigenvalue weighted by Gasteiger charge is -1.93. The zero-order valence-corrected chi connectivity index (χ0v) is 7.63. The maximum atomic E-state index is 3.24. The van der Waals surface area contributed by atoms with Crippen LogP contribution < -0.4 is 0 Å². The fraction of sp³-hybridized carbons (Fsp3) is 0.500. The smallest absolute Gasteiger partial charge is 0.00978 e. The normalized spacial score (nSPS) is 28.0. The first kappa shape index (κ1) is 9.31. The third-order valence-corrected chi connectivity index (χ3v) is 1.96. The molecule has 0 heteroatoms. The highest BCUT2D eigenvalue weighted by Gasteiger charge is 1.84. The second-order valence-electron chi connectivity index (χ2n) is 3.08. The predicted molar refractivity (Wildman–Crippen MR) is 53.8 cm³/mol. The summed E-state index contributed by atoms with van der Waals surface area (Å²) in [4.78, 5) is 0. The van der Waals surface area contributed by atoms with Gasteiger partial charge in [0.05, 0.1) is 0 Å². The van der Waals surface area contributed by atoms with E-state index in [9.17, 15) is 0 Å². The van der Waals surface area contributed by atoms with Crippen molar-refractivity contribution in [2.75, 3.05) is 0 Å². The molecular formula is C12H17. The Hall–Kier alpha value is -0.780. The molecule has 0 spiro atoms. The van der Waals surface area contributed by atoms with E-state index in [1.54, 1.807) is 0 Å². The molecule has 0 aliphatic heterocycles. The maximum Gasteiger partial charge on any atom is -0.00978 e. The van der Waals surface area contributed by atoms with Gasteiger partial charge in [-0.15, -0.1) is 0 Å². The number of rotatable bonds is 0. The molecule has 12 heavy (non-hydrogen) atoms. The van der Waals surface area contributed by atoms with Crippen LogP contribution in [0, 0.1) is 6.08 Å². The van der Waals surface area contributed by atoms with Crippen LogP contribution in [0.2, 0.25) is 0 Å². The Morgan fingerprint density at radius 3 is 2.42 bits per heavy atom. The molecule has 0 unspecified atom stereocenters. The molecule has 0 fully saturated rings. The highest BCUT2D eigenvalue weighted by atomic mass is 13.9. The topological polar surface area (TPSA) is 0 Å². The molecule has 0 heterocycles. The van der Waals surface area contributed by atoms with E-state index in [1.165, 1.54) is 25.7 Å². The standard InChI is InChI=1S/C12H17/c1-2-4-6-8-10-12-11-9-7-5-3-1/h1-2,5,11-12H,3-4,6,8-10H2/b2-1+,7-5?,12-11-. The molecule has 0 aromatic rings. The van der Waals surface area contributed by atoms with Gasteiger partial charge in [0.1, 0.15) is 0 Å². The molecular weight excluding hydrogens is 144 g/mol. The summed E-state index contributed by atoms with van der Waals surface area (Å²) < 4.78 is 0. The van der Waals surface area contributed by atoms with Gasteiger partial charge in [-0.1, -0.05) is 30.4 Å². The van der Waals surface area contributed by atoms with Crippen molar-refractivity contribution in [3.8, 4) is 0 Å². The average molecular weight is 161 g/mol. The van der Waals surface area contributed by atoms with Crippen molar-refractivity contribution < 1.29 is 0 Å². The first-order chi connectivity index (χ1) is 6.00. The summed E-state index contributed by atoms with van der Waals surface area (Å²) in [5.41, 5.74) is 0. The van der Waals surface area contributed by atoms with Gasteiger partial charge in [-0.25, -0.2) is 0 Å². The van der Waals surface area contributed by atoms with Gasteiger partial charge in [-0.2, -0.15) is 0 Å². The molecule has 1 aliphatic rings. The summed E-state index contributed by atoms with van der Waals surface area (Å²) in [6, 6.07) is 0. The van der Waals surface area contributed by atoms with Gasteiger partial charge in [0.2, 0.25) is 0 Å². The van der Waals surface area contributed by atoms with Crippen LogP contribution in [-0.2, 0) is 0 Å². The molecule has 0 saturated carbocycles. The Morgan fingerprint density at radius 2 is 1.58 bits per heavy atom. The lowest BCUT2D eigenvalue weighted by atomic mass is 10.1. The van der Waals surface area contributed by atoms with Crippen LogP contribution in [0.1, 0.15) is 38.5 Å². The zero-order chi connectivity index (χ0) is 8.49. The molecule has 0 N–H and O–H groups in total. The highest BCUT2D eigenvalue weighted by molar-refractivity contribution is 4.94. The van der Waals surface area contributed by atoms with E-state index in [0.29, 0.717) is 0 Å². The van der Waals surface area contributed by atoms with E-state index in [1.807, 2.05) is 0 Å². The molecule has 0 bridgehead atoms. The van der Waals surface area contributed by atoms with Crippen molar-refractivity contribution in [2.45, 2.75) is 38.5 Å². The van der Waals surface area contributed by atoms with Crippen molar-refractivity contribution in [1.29, 1.82) is 0 Å². The van der Waals surface area contributed by atoms with Gasteiger partial charge < -0.3 is 0 Å². The molecule has 0 saturated heterocycles. The van der Waals surface area contributed by atoms with E-state index in [4.69, 9.17) is 0 Å². The van der Waals surface area contributed by atoms with Crippen LogP contribution in [0.5, 0.6) is 0 Å². The minimum atomic E-state index is 0.980. The molecule has 1 radical (unpaired) electrons. The van der Waals surface area contributed by atoms with Crippen molar-refractivity contribution >= 4 is 0 Å². The summed E-state index contributed by atoms with van der Waals surface area (Å²) in [7, 11) is 0. The van der Waals surface area contributed by atoms with Gasteiger partial charge >= 0.3 is 0 Å². The van der Waals surface area contributed by atoms with Gasteiger partial charge in [-0.05, 0) is 44.6 Å². The Labute approximate surface area is 75.7 Å². The van der Waals surface area contributed by atoms with Crippen LogP contribution in [0.25, 0.3) is 0 Å². The molecule has 0 aromatic heterocycles. The summed E-state index contributed by atoms with van der Waals surface area (Å²) in [5.74, 6) is 0. The second kappa shape index (κ2) is 6.90. The minimum Gasteiger partial charge on any atom is -0.0882 e. The molecule has 0 aromatic carbocycles. The van der Waals surface area contributed by atoms with Crippen molar-refractivity contribution in [3.63, 3.8) is 0 Å². The van der Waals surface area contributed by atoms with E-state index in [-0.39, 0.29) is 0 Å². The van der Waals surface area contributed by atoms with Gasteiger partial charge in [0.25, 0.3) is 0 Å². The third-order valence-electron chi connectivity index (χ3n) is 1.96. The predicted octanol–water partition coefficient (Wildman–Crippen LogP) is 3.81. The van der Waals surface area contributed by atoms with E-state index in [0.717, 1.165) is 12.8 Å². The quantitative estimate of drug-likeness (QED) is 0.474. The monoisotopic (exact) mass is 161 g/mol. The molecule has 1 aliphatic carbocycles. The number of allylic oxidation sites excluding steroid dienone is 6. The summed E-state index contributed by atoms with van der Waals surface area (Å²) in [5, 5.41) is 0. The van der Waals surface area contributed by atoms with Gasteiger partial charge in [-0.3, -0.25) is 0 Å². The van der Waals surface area contributed by atoms with Gasteiger partial charge in [0, 0.05) is 0 Å². The van der Waals surface area contributed by atoms with Crippen LogP contribution in [0.15, 0.2) is 30.4 Å². The number of hydrogen-bond donors (Lipinski definition) is 0. The molecule has 1 rings (SSSR count). The van der Waals surface area contributed by atoms with Crippen molar-refractivity contribution in [1.82, 2.24) is 0 Å². The molecule has 0 amide bonds. The van der Waals surface area contributed by atoms with Gasteiger partial charge in [0.15, 0.2) is 0 Å². The van der Waals surface area contributed by atoms with Crippen LogP contribution in [0.3, 0.4) is 0 Å².